The van der Waals surface area contributed by atoms with Gasteiger partial charge in [-0.05, 0) is 25.1 Å². The maximum atomic E-state index is 12.7. The van der Waals surface area contributed by atoms with Crippen LogP contribution in [0.1, 0.15) is 11.1 Å². The Morgan fingerprint density at radius 3 is 2.41 bits per heavy atom. The van der Waals surface area contributed by atoms with Crippen molar-refractivity contribution >= 4 is 33.7 Å². The van der Waals surface area contributed by atoms with Gasteiger partial charge in [-0.15, -0.1) is 0 Å². The number of aryl methyl sites for hydroxylation is 1. The van der Waals surface area contributed by atoms with Crippen LogP contribution in [0.15, 0.2) is 58.5 Å². The summed E-state index contributed by atoms with van der Waals surface area (Å²) in [6.45, 7) is 3.70. The first-order valence-electron chi connectivity index (χ1n) is 9.22. The molecule has 1 amide bonds. The molecule has 0 spiro atoms. The zero-order valence-corrected chi connectivity index (χ0v) is 17.7. The van der Waals surface area contributed by atoms with Gasteiger partial charge in [0.05, 0.1) is 17.7 Å². The van der Waals surface area contributed by atoms with Gasteiger partial charge in [0.15, 0.2) is 0 Å². The van der Waals surface area contributed by atoms with Gasteiger partial charge < -0.3 is 0 Å². The van der Waals surface area contributed by atoms with Crippen molar-refractivity contribution in [2.24, 2.45) is 5.10 Å². The number of nitrogens with zero attached hydrogens (tertiary/aromatic N) is 3. The summed E-state index contributed by atoms with van der Waals surface area (Å²) in [5.74, 6) is -0.261. The second-order valence-electron chi connectivity index (χ2n) is 6.81. The van der Waals surface area contributed by atoms with E-state index >= 15 is 0 Å². The van der Waals surface area contributed by atoms with Gasteiger partial charge in [-0.1, -0.05) is 47.5 Å². The summed E-state index contributed by atoms with van der Waals surface area (Å²) in [5.41, 5.74) is 4.20. The Balaban J connectivity index is 1.48. The van der Waals surface area contributed by atoms with Gasteiger partial charge in [0, 0.05) is 36.8 Å². The van der Waals surface area contributed by atoms with Gasteiger partial charge in [0.1, 0.15) is 0 Å². The van der Waals surface area contributed by atoms with E-state index in [9.17, 15) is 13.2 Å². The second kappa shape index (κ2) is 9.49. The predicted octanol–water partition coefficient (Wildman–Crippen LogP) is 2.11. The molecule has 1 fully saturated rings. The predicted molar refractivity (Wildman–Crippen MR) is 114 cm³/mol. The summed E-state index contributed by atoms with van der Waals surface area (Å²) in [5, 5.41) is 4.48. The van der Waals surface area contributed by atoms with Crippen LogP contribution in [0.25, 0.3) is 0 Å². The molecule has 0 unspecified atom stereocenters. The van der Waals surface area contributed by atoms with Crippen molar-refractivity contribution in [1.82, 2.24) is 14.6 Å². The first kappa shape index (κ1) is 21.4. The van der Waals surface area contributed by atoms with Gasteiger partial charge in [0.2, 0.25) is 10.0 Å². The lowest BCUT2D eigenvalue weighted by atomic mass is 10.2. The Morgan fingerprint density at radius 1 is 1.10 bits per heavy atom. The van der Waals surface area contributed by atoms with E-state index in [1.165, 1.54) is 10.5 Å². The summed E-state index contributed by atoms with van der Waals surface area (Å²) in [7, 11) is -3.51. The zero-order chi connectivity index (χ0) is 20.9. The number of nitrogens with one attached hydrogen (secondary N) is 1. The second-order valence-corrected chi connectivity index (χ2v) is 9.15. The van der Waals surface area contributed by atoms with E-state index in [2.05, 4.69) is 10.5 Å². The molecule has 0 saturated carbocycles. The highest BCUT2D eigenvalue weighted by Crippen LogP contribution is 2.18. The van der Waals surface area contributed by atoms with Crippen molar-refractivity contribution in [3.63, 3.8) is 0 Å². The Hall–Kier alpha value is -2.26. The number of sulfonamides is 1. The van der Waals surface area contributed by atoms with Gasteiger partial charge in [0.25, 0.3) is 5.91 Å². The quantitative estimate of drug-likeness (QED) is 0.557. The van der Waals surface area contributed by atoms with E-state index in [1.807, 2.05) is 24.0 Å². The molecule has 2 aromatic rings. The monoisotopic (exact) mass is 434 g/mol. The summed E-state index contributed by atoms with van der Waals surface area (Å²) < 4.78 is 26.9. The molecule has 7 nitrogen and oxygen atoms in total. The number of amides is 1. The van der Waals surface area contributed by atoms with Crippen molar-refractivity contribution in [2.45, 2.75) is 11.8 Å². The van der Waals surface area contributed by atoms with Crippen LogP contribution in [0.5, 0.6) is 0 Å². The van der Waals surface area contributed by atoms with Crippen molar-refractivity contribution in [2.75, 3.05) is 32.7 Å². The molecule has 0 radical (unpaired) electrons. The number of hydrogen-bond acceptors (Lipinski definition) is 5. The van der Waals surface area contributed by atoms with Gasteiger partial charge in [-0.2, -0.15) is 9.41 Å². The van der Waals surface area contributed by atoms with E-state index < -0.39 is 10.0 Å². The molecular formula is C20H23ClN4O3S. The maximum Gasteiger partial charge on any atom is 0.254 e. The van der Waals surface area contributed by atoms with Crippen LogP contribution in [0.2, 0.25) is 5.02 Å². The van der Waals surface area contributed by atoms with Crippen LogP contribution >= 0.6 is 11.6 Å². The number of carbonyl (C=O) groups is 1. The SMILES string of the molecule is Cc1ccc(S(=O)(=O)N2CCN(CC(=O)N/N=C/c3ccccc3Cl)CC2)cc1. The molecule has 1 aliphatic rings. The lowest BCUT2D eigenvalue weighted by Crippen LogP contribution is -2.50. The Morgan fingerprint density at radius 2 is 1.76 bits per heavy atom. The van der Waals surface area contributed by atoms with Gasteiger partial charge in [-0.3, -0.25) is 9.69 Å². The van der Waals surface area contributed by atoms with E-state index in [1.54, 1.807) is 36.4 Å². The van der Waals surface area contributed by atoms with E-state index in [0.29, 0.717) is 41.7 Å². The maximum absolute atomic E-state index is 12.7. The zero-order valence-electron chi connectivity index (χ0n) is 16.1. The van der Waals surface area contributed by atoms with Crippen LogP contribution in [-0.4, -0.2) is 62.5 Å². The molecule has 0 aliphatic carbocycles. The third-order valence-corrected chi connectivity index (χ3v) is 6.91. The molecule has 9 heteroatoms. The number of piperazine rings is 1. The fraction of sp³-hybridized carbons (Fsp3) is 0.300. The normalized spacial score (nSPS) is 16.2. The number of benzene rings is 2. The first-order valence-corrected chi connectivity index (χ1v) is 11.0. The highest BCUT2D eigenvalue weighted by molar-refractivity contribution is 7.89. The standard InChI is InChI=1S/C20H23ClN4O3S/c1-16-6-8-18(9-7-16)29(27,28)25-12-10-24(11-13-25)15-20(26)23-22-14-17-4-2-3-5-19(17)21/h2-9,14H,10-13,15H2,1H3,(H,23,26)/b22-14+. The number of carbonyl (C=O) groups excluding carboxylic acids is 1. The van der Waals surface area contributed by atoms with Crippen molar-refractivity contribution in [3.05, 3.63) is 64.7 Å². The highest BCUT2D eigenvalue weighted by Gasteiger charge is 2.28. The van der Waals surface area contributed by atoms with E-state index in [4.69, 9.17) is 11.6 Å². The van der Waals surface area contributed by atoms with Crippen LogP contribution in [-0.2, 0) is 14.8 Å². The smallest absolute Gasteiger partial charge is 0.254 e. The molecule has 1 saturated heterocycles. The van der Waals surface area contributed by atoms with Gasteiger partial charge >= 0.3 is 0 Å². The molecule has 1 heterocycles. The molecule has 1 aliphatic heterocycles. The molecule has 154 valence electrons. The highest BCUT2D eigenvalue weighted by atomic mass is 35.5. The molecule has 29 heavy (non-hydrogen) atoms. The van der Waals surface area contributed by atoms with E-state index in [-0.39, 0.29) is 12.5 Å². The van der Waals surface area contributed by atoms with E-state index in [0.717, 1.165) is 5.56 Å². The van der Waals surface area contributed by atoms with Crippen molar-refractivity contribution < 1.29 is 13.2 Å². The first-order chi connectivity index (χ1) is 13.9. The lowest BCUT2D eigenvalue weighted by molar-refractivity contribution is -0.122. The molecule has 0 atom stereocenters. The number of rotatable bonds is 6. The molecule has 1 N–H and O–H groups in total. The van der Waals surface area contributed by atoms with Crippen LogP contribution in [0.3, 0.4) is 0 Å². The fourth-order valence-electron chi connectivity index (χ4n) is 2.98. The largest absolute Gasteiger partial charge is 0.292 e. The number of halogens is 1. The molecule has 0 aromatic heterocycles. The Bertz CT molecular complexity index is 985. The Kier molecular flexibility index (Phi) is 7.02. The number of hydrogen-bond donors (Lipinski definition) is 1. The minimum absolute atomic E-state index is 0.151. The third kappa shape index (κ3) is 5.63. The van der Waals surface area contributed by atoms with Crippen molar-refractivity contribution in [3.8, 4) is 0 Å². The summed E-state index contributed by atoms with van der Waals surface area (Å²) in [4.78, 5) is 14.3. The molecule has 2 aromatic carbocycles. The lowest BCUT2D eigenvalue weighted by Gasteiger charge is -2.33. The van der Waals surface area contributed by atoms with Crippen LogP contribution in [0.4, 0.5) is 0 Å². The Labute approximate surface area is 176 Å². The summed E-state index contributed by atoms with van der Waals surface area (Å²) in [6.07, 6.45) is 1.49. The fourth-order valence-corrected chi connectivity index (χ4v) is 4.59. The van der Waals surface area contributed by atoms with Crippen molar-refractivity contribution in [1.29, 1.82) is 0 Å². The van der Waals surface area contributed by atoms with Crippen LogP contribution < -0.4 is 5.43 Å². The number of hydrazone groups is 1. The van der Waals surface area contributed by atoms with Crippen LogP contribution in [0, 0.1) is 6.92 Å². The topological polar surface area (TPSA) is 82.1 Å². The molecule has 0 bridgehead atoms. The minimum Gasteiger partial charge on any atom is -0.292 e. The minimum atomic E-state index is -3.51. The summed E-state index contributed by atoms with van der Waals surface area (Å²) >= 11 is 6.03. The molecular weight excluding hydrogens is 412 g/mol. The average Bonchev–Trinajstić information content (AvgIpc) is 2.70. The summed E-state index contributed by atoms with van der Waals surface area (Å²) in [6, 6.07) is 14.0. The molecule has 3 rings (SSSR count). The van der Waals surface area contributed by atoms with Gasteiger partial charge in [-0.25, -0.2) is 13.8 Å². The third-order valence-electron chi connectivity index (χ3n) is 4.66. The average molecular weight is 435 g/mol.